The zero-order valence-corrected chi connectivity index (χ0v) is 11.8. The van der Waals surface area contributed by atoms with E-state index in [0.29, 0.717) is 22.9 Å². The standard InChI is InChI=1S/C14H14ClN3O3/c15-10-4-5-11(14(16)17-20)12(9-10)21-8-7-18-6-2-1-3-13(18)19/h1-6,9,20H,7-8H2,(H2,16,17). The number of hydrogen-bond donors (Lipinski definition) is 2. The summed E-state index contributed by atoms with van der Waals surface area (Å²) < 4.78 is 7.11. The SMILES string of the molecule is N/C(=N/O)c1ccc(Cl)cc1OCCn1ccccc1=O. The van der Waals surface area contributed by atoms with Gasteiger partial charge in [0.15, 0.2) is 5.84 Å². The van der Waals surface area contributed by atoms with E-state index < -0.39 is 0 Å². The lowest BCUT2D eigenvalue weighted by Crippen LogP contribution is -2.22. The van der Waals surface area contributed by atoms with Crippen molar-refractivity contribution in [2.24, 2.45) is 10.9 Å². The summed E-state index contributed by atoms with van der Waals surface area (Å²) >= 11 is 5.91. The Balaban J connectivity index is 2.11. The van der Waals surface area contributed by atoms with Gasteiger partial charge in [0.2, 0.25) is 0 Å². The number of oxime groups is 1. The molecule has 6 nitrogen and oxygen atoms in total. The highest BCUT2D eigenvalue weighted by molar-refractivity contribution is 6.30. The summed E-state index contributed by atoms with van der Waals surface area (Å²) in [7, 11) is 0. The van der Waals surface area contributed by atoms with Gasteiger partial charge in [0.05, 0.1) is 12.1 Å². The summed E-state index contributed by atoms with van der Waals surface area (Å²) in [5, 5.41) is 12.2. The average Bonchev–Trinajstić information content (AvgIpc) is 2.48. The van der Waals surface area contributed by atoms with Gasteiger partial charge in [0.25, 0.3) is 5.56 Å². The van der Waals surface area contributed by atoms with Crippen LogP contribution in [0.2, 0.25) is 5.02 Å². The summed E-state index contributed by atoms with van der Waals surface area (Å²) in [6.07, 6.45) is 1.67. The van der Waals surface area contributed by atoms with Crippen molar-refractivity contribution in [1.82, 2.24) is 4.57 Å². The highest BCUT2D eigenvalue weighted by Crippen LogP contribution is 2.23. The van der Waals surface area contributed by atoms with E-state index in [-0.39, 0.29) is 18.0 Å². The van der Waals surface area contributed by atoms with Crippen LogP contribution >= 0.6 is 11.6 Å². The Morgan fingerprint density at radius 2 is 2.19 bits per heavy atom. The monoisotopic (exact) mass is 307 g/mol. The van der Waals surface area contributed by atoms with Crippen molar-refractivity contribution in [2.75, 3.05) is 6.61 Å². The number of amidine groups is 1. The molecule has 2 rings (SSSR count). The van der Waals surface area contributed by atoms with E-state index >= 15 is 0 Å². The predicted molar refractivity (Wildman–Crippen MR) is 80.2 cm³/mol. The lowest BCUT2D eigenvalue weighted by Gasteiger charge is -2.12. The topological polar surface area (TPSA) is 89.8 Å². The molecule has 3 N–H and O–H groups in total. The van der Waals surface area contributed by atoms with Crippen molar-refractivity contribution < 1.29 is 9.94 Å². The smallest absolute Gasteiger partial charge is 0.250 e. The zero-order chi connectivity index (χ0) is 15.2. The van der Waals surface area contributed by atoms with Crippen LogP contribution in [0.3, 0.4) is 0 Å². The number of nitrogens with zero attached hydrogens (tertiary/aromatic N) is 2. The fraction of sp³-hybridized carbons (Fsp3) is 0.143. The molecule has 0 unspecified atom stereocenters. The first-order valence-electron chi connectivity index (χ1n) is 6.17. The molecule has 110 valence electrons. The van der Waals surface area contributed by atoms with E-state index in [1.54, 1.807) is 36.5 Å². The molecule has 0 radical (unpaired) electrons. The second-order valence-electron chi connectivity index (χ2n) is 4.21. The predicted octanol–water partition coefficient (Wildman–Crippen LogP) is 1.68. The molecule has 0 bridgehead atoms. The Bertz CT molecular complexity index is 713. The maximum absolute atomic E-state index is 11.6. The van der Waals surface area contributed by atoms with E-state index in [0.717, 1.165) is 0 Å². The Labute approximate surface area is 126 Å². The Kier molecular flexibility index (Phi) is 4.84. The summed E-state index contributed by atoms with van der Waals surface area (Å²) in [5.74, 6) is 0.320. The van der Waals surface area contributed by atoms with Crippen LogP contribution in [0.4, 0.5) is 0 Å². The molecule has 1 heterocycles. The first-order chi connectivity index (χ1) is 10.1. The number of halogens is 1. The molecule has 7 heteroatoms. The van der Waals surface area contributed by atoms with Crippen molar-refractivity contribution in [3.8, 4) is 5.75 Å². The van der Waals surface area contributed by atoms with Crippen LogP contribution in [0.1, 0.15) is 5.56 Å². The van der Waals surface area contributed by atoms with Gasteiger partial charge in [-0.3, -0.25) is 4.79 Å². The molecule has 2 aromatic rings. The average molecular weight is 308 g/mol. The number of nitrogens with two attached hydrogens (primary N) is 1. The number of pyridine rings is 1. The summed E-state index contributed by atoms with van der Waals surface area (Å²) in [6, 6.07) is 9.70. The number of aromatic nitrogens is 1. The van der Waals surface area contributed by atoms with E-state index in [9.17, 15) is 4.79 Å². The molecule has 1 aromatic heterocycles. The van der Waals surface area contributed by atoms with Crippen LogP contribution in [0.15, 0.2) is 52.5 Å². The highest BCUT2D eigenvalue weighted by Gasteiger charge is 2.09. The normalized spacial score (nSPS) is 11.4. The first-order valence-corrected chi connectivity index (χ1v) is 6.55. The van der Waals surface area contributed by atoms with Crippen molar-refractivity contribution in [3.05, 3.63) is 63.5 Å². The van der Waals surface area contributed by atoms with Gasteiger partial charge >= 0.3 is 0 Å². The van der Waals surface area contributed by atoms with Crippen LogP contribution in [0.5, 0.6) is 5.75 Å². The van der Waals surface area contributed by atoms with Crippen LogP contribution < -0.4 is 16.0 Å². The first kappa shape index (κ1) is 14.9. The molecule has 21 heavy (non-hydrogen) atoms. The number of rotatable bonds is 5. The lowest BCUT2D eigenvalue weighted by atomic mass is 10.2. The molecule has 0 aliphatic carbocycles. The van der Waals surface area contributed by atoms with E-state index in [1.807, 2.05) is 0 Å². The molecule has 0 aliphatic heterocycles. The van der Waals surface area contributed by atoms with Crippen LogP contribution in [0, 0.1) is 0 Å². The van der Waals surface area contributed by atoms with Gasteiger partial charge < -0.3 is 20.2 Å². The molecule has 0 spiro atoms. The van der Waals surface area contributed by atoms with E-state index in [4.69, 9.17) is 27.3 Å². The van der Waals surface area contributed by atoms with Crippen molar-refractivity contribution in [2.45, 2.75) is 6.54 Å². The van der Waals surface area contributed by atoms with Gasteiger partial charge in [0.1, 0.15) is 12.4 Å². The van der Waals surface area contributed by atoms with Crippen LogP contribution in [-0.2, 0) is 6.54 Å². The second kappa shape index (κ2) is 6.81. The largest absolute Gasteiger partial charge is 0.491 e. The molecule has 0 fully saturated rings. The quantitative estimate of drug-likeness (QED) is 0.380. The third kappa shape index (κ3) is 3.76. The van der Waals surface area contributed by atoms with Gasteiger partial charge in [-0.25, -0.2) is 0 Å². The van der Waals surface area contributed by atoms with Gasteiger partial charge in [-0.1, -0.05) is 22.8 Å². The molecular weight excluding hydrogens is 294 g/mol. The van der Waals surface area contributed by atoms with Gasteiger partial charge in [-0.15, -0.1) is 0 Å². The minimum absolute atomic E-state index is 0.0708. The van der Waals surface area contributed by atoms with Crippen LogP contribution in [-0.4, -0.2) is 22.2 Å². The summed E-state index contributed by atoms with van der Waals surface area (Å²) in [5.41, 5.74) is 5.90. The maximum Gasteiger partial charge on any atom is 0.250 e. The fourth-order valence-electron chi connectivity index (χ4n) is 1.78. The number of benzene rings is 1. The number of ether oxygens (including phenoxy) is 1. The van der Waals surface area contributed by atoms with Crippen LogP contribution in [0.25, 0.3) is 0 Å². The highest BCUT2D eigenvalue weighted by atomic mass is 35.5. The number of hydrogen-bond acceptors (Lipinski definition) is 4. The summed E-state index contributed by atoms with van der Waals surface area (Å²) in [4.78, 5) is 11.6. The van der Waals surface area contributed by atoms with Gasteiger partial charge in [-0.05, 0) is 24.3 Å². The van der Waals surface area contributed by atoms with E-state index in [2.05, 4.69) is 5.16 Å². The lowest BCUT2D eigenvalue weighted by molar-refractivity contribution is 0.294. The molecule has 0 aliphatic rings. The molecule has 0 saturated heterocycles. The fourth-order valence-corrected chi connectivity index (χ4v) is 1.94. The maximum atomic E-state index is 11.6. The zero-order valence-electron chi connectivity index (χ0n) is 11.1. The molecular formula is C14H14ClN3O3. The minimum atomic E-state index is -0.108. The Morgan fingerprint density at radius 3 is 2.90 bits per heavy atom. The summed E-state index contributed by atoms with van der Waals surface area (Å²) in [6.45, 7) is 0.623. The Morgan fingerprint density at radius 1 is 1.38 bits per heavy atom. The third-order valence-corrected chi connectivity index (χ3v) is 3.05. The van der Waals surface area contributed by atoms with E-state index in [1.165, 1.54) is 10.6 Å². The molecule has 0 atom stereocenters. The van der Waals surface area contributed by atoms with Gasteiger partial charge in [-0.2, -0.15) is 0 Å². The minimum Gasteiger partial charge on any atom is -0.491 e. The molecule has 0 amide bonds. The van der Waals surface area contributed by atoms with Crippen molar-refractivity contribution >= 4 is 17.4 Å². The molecule has 0 saturated carbocycles. The second-order valence-corrected chi connectivity index (χ2v) is 4.64. The Hall–Kier alpha value is -2.47. The third-order valence-electron chi connectivity index (χ3n) is 2.82. The van der Waals surface area contributed by atoms with Crippen molar-refractivity contribution in [1.29, 1.82) is 0 Å². The van der Waals surface area contributed by atoms with Gasteiger partial charge in [0, 0.05) is 17.3 Å². The molecule has 1 aromatic carbocycles. The van der Waals surface area contributed by atoms with Crippen molar-refractivity contribution in [3.63, 3.8) is 0 Å².